The molecule has 6 rings (SSSR count). The summed E-state index contributed by atoms with van der Waals surface area (Å²) in [5, 5.41) is 14.3. The average molecular weight is 481 g/mol. The summed E-state index contributed by atoms with van der Waals surface area (Å²) in [5.41, 5.74) is 1.73. The van der Waals surface area contributed by atoms with Crippen LogP contribution in [-0.4, -0.2) is 40.1 Å². The van der Waals surface area contributed by atoms with Crippen LogP contribution in [0.25, 0.3) is 0 Å². The van der Waals surface area contributed by atoms with Crippen molar-refractivity contribution in [2.24, 2.45) is 11.8 Å². The molecule has 1 spiro atoms. The van der Waals surface area contributed by atoms with Gasteiger partial charge in [0, 0.05) is 23.4 Å². The Bertz CT molecular complexity index is 1340. The molecule has 9 nitrogen and oxygen atoms in total. The van der Waals surface area contributed by atoms with E-state index in [4.69, 9.17) is 11.6 Å². The molecule has 0 bridgehead atoms. The van der Waals surface area contributed by atoms with E-state index < -0.39 is 34.1 Å². The second-order valence-electron chi connectivity index (χ2n) is 9.54. The lowest BCUT2D eigenvalue weighted by molar-refractivity contribution is -0.384. The van der Waals surface area contributed by atoms with Gasteiger partial charge in [-0.05, 0) is 50.9 Å². The first-order valence-corrected chi connectivity index (χ1v) is 11.6. The first-order valence-electron chi connectivity index (χ1n) is 11.2. The van der Waals surface area contributed by atoms with Gasteiger partial charge < -0.3 is 5.32 Å². The van der Waals surface area contributed by atoms with Gasteiger partial charge in [-0.3, -0.25) is 29.4 Å². The van der Waals surface area contributed by atoms with Gasteiger partial charge in [0.05, 0.1) is 22.4 Å². The highest BCUT2D eigenvalue weighted by Gasteiger charge is 2.74. The standard InChI is InChI=1S/C24H21ClN4O5/c1-11-8-12(2)20-14(9-11)24(23(32)26-20)19-18(16-4-3-7-27(16)24)21(30)28(22(19)31)13-5-6-15(25)17(10-13)29(33)34/h5-6,8-10,16,18-19H,3-4,7H2,1-2H3,(H,26,32)/t16-,18-,19-,24+/m0/s1. The molecule has 4 aliphatic rings. The largest absolute Gasteiger partial charge is 0.324 e. The molecule has 2 aromatic carbocycles. The number of amides is 3. The molecule has 0 aromatic heterocycles. The highest BCUT2D eigenvalue weighted by Crippen LogP contribution is 2.61. The van der Waals surface area contributed by atoms with Crippen molar-refractivity contribution < 1.29 is 19.3 Å². The zero-order valence-electron chi connectivity index (χ0n) is 18.5. The summed E-state index contributed by atoms with van der Waals surface area (Å²) in [6.45, 7) is 4.47. The van der Waals surface area contributed by atoms with E-state index in [0.29, 0.717) is 18.7 Å². The van der Waals surface area contributed by atoms with Crippen LogP contribution in [0.1, 0.15) is 29.5 Å². The number of aryl methyl sites for hydroxylation is 2. The Morgan fingerprint density at radius 2 is 1.91 bits per heavy atom. The molecule has 4 aliphatic heterocycles. The minimum absolute atomic E-state index is 0.0819. The van der Waals surface area contributed by atoms with Crippen molar-refractivity contribution in [1.82, 2.24) is 4.90 Å². The highest BCUT2D eigenvalue weighted by molar-refractivity contribution is 6.33. The molecular formula is C24H21ClN4O5. The predicted octanol–water partition coefficient (Wildman–Crippen LogP) is 3.30. The van der Waals surface area contributed by atoms with E-state index in [9.17, 15) is 24.5 Å². The Morgan fingerprint density at radius 1 is 1.15 bits per heavy atom. The number of benzene rings is 2. The number of imide groups is 1. The summed E-state index contributed by atoms with van der Waals surface area (Å²) in [4.78, 5) is 55.3. The predicted molar refractivity (Wildman–Crippen MR) is 124 cm³/mol. The number of hydrogen-bond donors (Lipinski definition) is 1. The van der Waals surface area contributed by atoms with Crippen LogP contribution in [-0.2, 0) is 19.9 Å². The normalized spacial score (nSPS) is 29.6. The van der Waals surface area contributed by atoms with E-state index in [-0.39, 0.29) is 28.3 Å². The summed E-state index contributed by atoms with van der Waals surface area (Å²) in [7, 11) is 0. The number of fused-ring (bicyclic) bond motifs is 7. The third-order valence-corrected chi connectivity index (χ3v) is 8.15. The van der Waals surface area contributed by atoms with Crippen molar-refractivity contribution in [2.75, 3.05) is 16.8 Å². The molecule has 34 heavy (non-hydrogen) atoms. The molecule has 2 aromatic rings. The Morgan fingerprint density at radius 3 is 2.65 bits per heavy atom. The molecular weight excluding hydrogens is 460 g/mol. The molecule has 10 heteroatoms. The molecule has 0 unspecified atom stereocenters. The fourth-order valence-corrected chi connectivity index (χ4v) is 6.88. The number of anilines is 2. The van der Waals surface area contributed by atoms with E-state index in [2.05, 4.69) is 10.2 Å². The van der Waals surface area contributed by atoms with E-state index in [1.165, 1.54) is 12.1 Å². The minimum atomic E-state index is -1.28. The molecule has 174 valence electrons. The fraction of sp³-hybridized carbons (Fsp3) is 0.375. The Labute approximate surface area is 199 Å². The van der Waals surface area contributed by atoms with Gasteiger partial charge in [0.2, 0.25) is 17.7 Å². The topological polar surface area (TPSA) is 113 Å². The molecule has 1 N–H and O–H groups in total. The molecule has 3 saturated heterocycles. The number of hydrogen-bond acceptors (Lipinski definition) is 6. The van der Waals surface area contributed by atoms with Gasteiger partial charge in [-0.2, -0.15) is 0 Å². The fourth-order valence-electron chi connectivity index (χ4n) is 6.69. The Kier molecular flexibility index (Phi) is 4.29. The molecule has 3 fully saturated rings. The highest BCUT2D eigenvalue weighted by atomic mass is 35.5. The molecule has 4 heterocycles. The maximum atomic E-state index is 14.0. The van der Waals surface area contributed by atoms with Crippen LogP contribution < -0.4 is 10.2 Å². The van der Waals surface area contributed by atoms with E-state index in [1.807, 2.05) is 26.0 Å². The molecule has 3 amide bonds. The number of rotatable bonds is 2. The Hall–Kier alpha value is -3.30. The zero-order chi connectivity index (χ0) is 24.1. The average Bonchev–Trinajstić information content (AvgIpc) is 3.48. The van der Waals surface area contributed by atoms with Crippen LogP contribution in [0.4, 0.5) is 17.1 Å². The van der Waals surface area contributed by atoms with E-state index >= 15 is 0 Å². The number of nitro benzene ring substituents is 1. The van der Waals surface area contributed by atoms with Crippen molar-refractivity contribution in [3.05, 3.63) is 62.2 Å². The van der Waals surface area contributed by atoms with E-state index in [1.54, 1.807) is 0 Å². The van der Waals surface area contributed by atoms with Crippen LogP contribution in [0.5, 0.6) is 0 Å². The maximum Gasteiger partial charge on any atom is 0.289 e. The van der Waals surface area contributed by atoms with Gasteiger partial charge in [0.15, 0.2) is 0 Å². The number of carbonyl (C=O) groups is 3. The van der Waals surface area contributed by atoms with Crippen molar-refractivity contribution in [3.63, 3.8) is 0 Å². The van der Waals surface area contributed by atoms with Gasteiger partial charge in [-0.15, -0.1) is 0 Å². The minimum Gasteiger partial charge on any atom is -0.324 e. The second-order valence-corrected chi connectivity index (χ2v) is 9.94. The summed E-state index contributed by atoms with van der Waals surface area (Å²) in [5.74, 6) is -2.85. The quantitative estimate of drug-likeness (QED) is 0.401. The van der Waals surface area contributed by atoms with Crippen LogP contribution in [0, 0.1) is 35.8 Å². The summed E-state index contributed by atoms with van der Waals surface area (Å²) in [6.07, 6.45) is 1.51. The van der Waals surface area contributed by atoms with Crippen LogP contribution in [0.3, 0.4) is 0 Å². The lowest BCUT2D eigenvalue weighted by atomic mass is 9.75. The molecule has 0 saturated carbocycles. The van der Waals surface area contributed by atoms with E-state index in [0.717, 1.165) is 34.1 Å². The first-order chi connectivity index (χ1) is 16.2. The number of carbonyl (C=O) groups excluding carboxylic acids is 3. The first kappa shape index (κ1) is 21.2. The van der Waals surface area contributed by atoms with Gasteiger partial charge in [0.25, 0.3) is 5.69 Å². The van der Waals surface area contributed by atoms with Crippen molar-refractivity contribution in [2.45, 2.75) is 38.3 Å². The SMILES string of the molecule is Cc1cc(C)c2c(c1)[C@]1(C(=O)N2)[C@@H]2C(=O)N(c3ccc(Cl)c([N+](=O)[O-])c3)C(=O)[C@H]2[C@@H]2CCCN21. The summed E-state index contributed by atoms with van der Waals surface area (Å²) in [6, 6.07) is 7.55. The third kappa shape index (κ3) is 2.40. The smallest absolute Gasteiger partial charge is 0.289 e. The van der Waals surface area contributed by atoms with Gasteiger partial charge in [-0.1, -0.05) is 29.3 Å². The molecule has 4 atom stereocenters. The number of nitro groups is 1. The zero-order valence-corrected chi connectivity index (χ0v) is 19.3. The Balaban J connectivity index is 1.55. The molecule has 0 radical (unpaired) electrons. The third-order valence-electron chi connectivity index (χ3n) is 7.83. The molecule has 0 aliphatic carbocycles. The summed E-state index contributed by atoms with van der Waals surface area (Å²) < 4.78 is 0. The van der Waals surface area contributed by atoms with Crippen LogP contribution in [0.15, 0.2) is 30.3 Å². The van der Waals surface area contributed by atoms with Crippen LogP contribution in [0.2, 0.25) is 5.02 Å². The monoisotopic (exact) mass is 480 g/mol. The lowest BCUT2D eigenvalue weighted by Crippen LogP contribution is -2.54. The number of nitrogens with zero attached hydrogens (tertiary/aromatic N) is 3. The lowest BCUT2D eigenvalue weighted by Gasteiger charge is -2.36. The summed E-state index contributed by atoms with van der Waals surface area (Å²) >= 11 is 5.95. The van der Waals surface area contributed by atoms with Crippen molar-refractivity contribution in [3.8, 4) is 0 Å². The van der Waals surface area contributed by atoms with Gasteiger partial charge >= 0.3 is 0 Å². The number of halogens is 1. The van der Waals surface area contributed by atoms with Crippen LogP contribution >= 0.6 is 11.6 Å². The van der Waals surface area contributed by atoms with Gasteiger partial charge in [-0.25, -0.2) is 4.90 Å². The van der Waals surface area contributed by atoms with Crippen molar-refractivity contribution in [1.29, 1.82) is 0 Å². The number of nitrogens with one attached hydrogen (secondary N) is 1. The van der Waals surface area contributed by atoms with Gasteiger partial charge in [0.1, 0.15) is 10.6 Å². The second kappa shape index (κ2) is 6.86. The van der Waals surface area contributed by atoms with Crippen molar-refractivity contribution >= 4 is 46.4 Å². The maximum absolute atomic E-state index is 14.0.